The Morgan fingerprint density at radius 2 is 1.96 bits per heavy atom. The molecule has 3 aromatic rings. The maximum absolute atomic E-state index is 12.0. The van der Waals surface area contributed by atoms with Crippen LogP contribution < -0.4 is 14.8 Å². The molecular weight excluding hydrogens is 306 g/mol. The first-order chi connectivity index (χ1) is 11.7. The molecule has 0 saturated carbocycles. The highest BCUT2D eigenvalue weighted by Gasteiger charge is 2.06. The molecule has 124 valence electrons. The molecule has 0 radical (unpaired) electrons. The summed E-state index contributed by atoms with van der Waals surface area (Å²) in [6.07, 6.45) is 4.69. The van der Waals surface area contributed by atoms with Crippen LogP contribution >= 0.6 is 0 Å². The number of imidazole rings is 1. The number of ether oxygens (including phenoxy) is 2. The Bertz CT molecular complexity index is 779. The molecule has 0 fully saturated rings. The number of pyridine rings is 1. The molecule has 0 bridgehead atoms. The molecule has 0 saturated heterocycles. The molecule has 3 rings (SSSR count). The Labute approximate surface area is 140 Å². The fourth-order valence-electron chi connectivity index (χ4n) is 2.29. The Morgan fingerprint density at radius 1 is 1.17 bits per heavy atom. The normalized spacial score (nSPS) is 10.5. The van der Waals surface area contributed by atoms with Gasteiger partial charge >= 0.3 is 0 Å². The predicted molar refractivity (Wildman–Crippen MR) is 91.5 cm³/mol. The minimum Gasteiger partial charge on any atom is -0.497 e. The first-order valence-electron chi connectivity index (χ1n) is 7.75. The zero-order valence-electron chi connectivity index (χ0n) is 13.4. The number of fused-ring (bicyclic) bond motifs is 1. The summed E-state index contributed by atoms with van der Waals surface area (Å²) in [5.41, 5.74) is 0.802. The van der Waals surface area contributed by atoms with Crippen molar-refractivity contribution in [1.82, 2.24) is 9.38 Å². The van der Waals surface area contributed by atoms with Crippen LogP contribution in [0.3, 0.4) is 0 Å². The summed E-state index contributed by atoms with van der Waals surface area (Å²) in [4.78, 5) is 16.3. The van der Waals surface area contributed by atoms with E-state index in [1.165, 1.54) is 0 Å². The number of rotatable bonds is 7. The molecule has 2 heterocycles. The molecule has 0 spiro atoms. The number of hydrogen-bond donors (Lipinski definition) is 1. The molecule has 1 N–H and O–H groups in total. The van der Waals surface area contributed by atoms with E-state index in [4.69, 9.17) is 9.47 Å². The second-order valence-corrected chi connectivity index (χ2v) is 5.27. The summed E-state index contributed by atoms with van der Waals surface area (Å²) in [5, 5.41) is 2.80. The van der Waals surface area contributed by atoms with Crippen LogP contribution in [0.15, 0.2) is 54.9 Å². The maximum atomic E-state index is 12.0. The van der Waals surface area contributed by atoms with Gasteiger partial charge in [0.2, 0.25) is 5.91 Å². The van der Waals surface area contributed by atoms with Gasteiger partial charge in [-0.3, -0.25) is 4.79 Å². The first-order valence-corrected chi connectivity index (χ1v) is 7.75. The van der Waals surface area contributed by atoms with E-state index in [2.05, 4.69) is 10.3 Å². The predicted octanol–water partition coefficient (Wildman–Crippen LogP) is 3.14. The third-order valence-corrected chi connectivity index (χ3v) is 3.51. The van der Waals surface area contributed by atoms with E-state index in [1.807, 2.05) is 53.1 Å². The highest BCUT2D eigenvalue weighted by molar-refractivity contribution is 5.89. The second kappa shape index (κ2) is 7.50. The quantitative estimate of drug-likeness (QED) is 0.678. The summed E-state index contributed by atoms with van der Waals surface area (Å²) in [5.74, 6) is 2.03. The van der Waals surface area contributed by atoms with Crippen molar-refractivity contribution in [2.24, 2.45) is 0 Å². The summed E-state index contributed by atoms with van der Waals surface area (Å²) >= 11 is 0. The molecule has 1 amide bonds. The highest BCUT2D eigenvalue weighted by atomic mass is 16.5. The third kappa shape index (κ3) is 4.04. The number of hydrogen-bond acceptors (Lipinski definition) is 4. The molecule has 2 aromatic heterocycles. The van der Waals surface area contributed by atoms with Crippen LogP contribution in [0.4, 0.5) is 5.82 Å². The summed E-state index contributed by atoms with van der Waals surface area (Å²) in [6.45, 7) is 0.477. The lowest BCUT2D eigenvalue weighted by Gasteiger charge is -2.07. The van der Waals surface area contributed by atoms with Crippen LogP contribution in [0.5, 0.6) is 11.5 Å². The van der Waals surface area contributed by atoms with E-state index in [9.17, 15) is 4.79 Å². The number of methoxy groups -OCH3 is 1. The molecular formula is C18H19N3O3. The minimum atomic E-state index is -0.0725. The van der Waals surface area contributed by atoms with Gasteiger partial charge in [0.1, 0.15) is 17.1 Å². The molecule has 0 aliphatic carbocycles. The average Bonchev–Trinajstić information content (AvgIpc) is 3.01. The van der Waals surface area contributed by atoms with Gasteiger partial charge in [0.05, 0.1) is 19.9 Å². The zero-order valence-corrected chi connectivity index (χ0v) is 13.4. The number of nitrogens with zero attached hydrogens (tertiary/aromatic N) is 2. The van der Waals surface area contributed by atoms with Gasteiger partial charge in [0.15, 0.2) is 5.82 Å². The number of anilines is 1. The third-order valence-electron chi connectivity index (χ3n) is 3.51. The first kappa shape index (κ1) is 15.9. The van der Waals surface area contributed by atoms with Crippen LogP contribution in [0.2, 0.25) is 0 Å². The van der Waals surface area contributed by atoms with Crippen molar-refractivity contribution >= 4 is 17.4 Å². The molecule has 1 aromatic carbocycles. The summed E-state index contributed by atoms with van der Waals surface area (Å²) in [6, 6.07) is 13.1. The van der Waals surface area contributed by atoms with E-state index < -0.39 is 0 Å². The maximum Gasteiger partial charge on any atom is 0.225 e. The molecule has 6 nitrogen and oxygen atoms in total. The monoisotopic (exact) mass is 325 g/mol. The zero-order chi connectivity index (χ0) is 16.8. The van der Waals surface area contributed by atoms with Gasteiger partial charge in [-0.05, 0) is 42.8 Å². The fourth-order valence-corrected chi connectivity index (χ4v) is 2.29. The van der Waals surface area contributed by atoms with Gasteiger partial charge in [-0.2, -0.15) is 0 Å². The van der Waals surface area contributed by atoms with Crippen molar-refractivity contribution in [3.8, 4) is 11.5 Å². The van der Waals surface area contributed by atoms with Crippen molar-refractivity contribution in [3.05, 3.63) is 54.9 Å². The van der Waals surface area contributed by atoms with Crippen LogP contribution in [-0.4, -0.2) is 29.0 Å². The molecule has 0 unspecified atom stereocenters. The number of benzene rings is 1. The van der Waals surface area contributed by atoms with Gasteiger partial charge < -0.3 is 19.2 Å². The lowest BCUT2D eigenvalue weighted by molar-refractivity contribution is -0.116. The lowest BCUT2D eigenvalue weighted by atomic mass is 10.3. The Hall–Kier alpha value is -3.02. The summed E-state index contributed by atoms with van der Waals surface area (Å²) < 4.78 is 12.6. The van der Waals surface area contributed by atoms with Gasteiger partial charge in [-0.25, -0.2) is 4.98 Å². The van der Waals surface area contributed by atoms with E-state index in [0.29, 0.717) is 25.3 Å². The van der Waals surface area contributed by atoms with Crippen molar-refractivity contribution in [2.75, 3.05) is 19.0 Å². The number of nitrogens with one attached hydrogen (secondary N) is 1. The molecule has 0 atom stereocenters. The van der Waals surface area contributed by atoms with Gasteiger partial charge in [0, 0.05) is 12.6 Å². The van der Waals surface area contributed by atoms with Crippen LogP contribution in [-0.2, 0) is 4.79 Å². The average molecular weight is 325 g/mol. The van der Waals surface area contributed by atoms with E-state index in [1.54, 1.807) is 13.3 Å². The fraction of sp³-hybridized carbons (Fsp3) is 0.222. The number of carbonyl (C=O) groups excluding carboxylic acids is 1. The SMILES string of the molecule is COc1ccc(OCCCC(=O)Nc2cn3ccccc3n2)cc1. The smallest absolute Gasteiger partial charge is 0.225 e. The Morgan fingerprint density at radius 3 is 2.71 bits per heavy atom. The number of aromatic nitrogens is 2. The van der Waals surface area contributed by atoms with Gasteiger partial charge in [-0.15, -0.1) is 0 Å². The Balaban J connectivity index is 1.42. The highest BCUT2D eigenvalue weighted by Crippen LogP contribution is 2.17. The van der Waals surface area contributed by atoms with Crippen LogP contribution in [0.25, 0.3) is 5.65 Å². The lowest BCUT2D eigenvalue weighted by Crippen LogP contribution is -2.13. The van der Waals surface area contributed by atoms with Crippen molar-refractivity contribution in [3.63, 3.8) is 0 Å². The summed E-state index contributed by atoms with van der Waals surface area (Å²) in [7, 11) is 1.62. The van der Waals surface area contributed by atoms with Gasteiger partial charge in [-0.1, -0.05) is 6.07 Å². The topological polar surface area (TPSA) is 64.9 Å². The minimum absolute atomic E-state index is 0.0725. The standard InChI is InChI=1S/C18H19N3O3/c1-23-14-7-9-15(10-8-14)24-12-4-6-18(22)20-16-13-21-11-3-2-5-17(21)19-16/h2-3,5,7-11,13H,4,6,12H2,1H3,(H,20,22). The van der Waals surface area contributed by atoms with E-state index in [-0.39, 0.29) is 5.91 Å². The van der Waals surface area contributed by atoms with Crippen molar-refractivity contribution < 1.29 is 14.3 Å². The van der Waals surface area contributed by atoms with Crippen molar-refractivity contribution in [1.29, 1.82) is 0 Å². The van der Waals surface area contributed by atoms with Crippen LogP contribution in [0.1, 0.15) is 12.8 Å². The van der Waals surface area contributed by atoms with Crippen LogP contribution in [0, 0.1) is 0 Å². The van der Waals surface area contributed by atoms with E-state index >= 15 is 0 Å². The van der Waals surface area contributed by atoms with Crippen molar-refractivity contribution in [2.45, 2.75) is 12.8 Å². The largest absolute Gasteiger partial charge is 0.497 e. The molecule has 6 heteroatoms. The number of carbonyl (C=O) groups is 1. The molecule has 24 heavy (non-hydrogen) atoms. The van der Waals surface area contributed by atoms with E-state index in [0.717, 1.165) is 17.1 Å². The number of amides is 1. The second-order valence-electron chi connectivity index (χ2n) is 5.27. The molecule has 0 aliphatic heterocycles. The Kier molecular flexibility index (Phi) is 4.96. The molecule has 0 aliphatic rings. The van der Waals surface area contributed by atoms with Gasteiger partial charge in [0.25, 0.3) is 0 Å².